The molecule has 2 heterocycles. The molecule has 2 aliphatic rings. The van der Waals surface area contributed by atoms with Crippen LogP contribution in [-0.4, -0.2) is 87.5 Å². The van der Waals surface area contributed by atoms with Crippen molar-refractivity contribution in [1.82, 2.24) is 14.9 Å². The van der Waals surface area contributed by atoms with Gasteiger partial charge in [-0.15, -0.1) is 0 Å². The van der Waals surface area contributed by atoms with Gasteiger partial charge in [-0.1, -0.05) is 37.6 Å². The molecule has 0 spiro atoms. The zero-order chi connectivity index (χ0) is 28.8. The van der Waals surface area contributed by atoms with Gasteiger partial charge in [-0.05, 0) is 72.4 Å². The van der Waals surface area contributed by atoms with Crippen molar-refractivity contribution in [1.29, 1.82) is 0 Å². The highest BCUT2D eigenvalue weighted by molar-refractivity contribution is 7.55. The molecule has 1 aromatic carbocycles. The lowest BCUT2D eigenvalue weighted by Crippen LogP contribution is -2.51. The van der Waals surface area contributed by atoms with Gasteiger partial charge in [0.2, 0.25) is 0 Å². The predicted octanol–water partition coefficient (Wildman–Crippen LogP) is 3.93. The van der Waals surface area contributed by atoms with E-state index < -0.39 is 0 Å². The van der Waals surface area contributed by atoms with E-state index in [-0.39, 0.29) is 8.07 Å². The number of halogens is 1. The molecule has 3 rings (SSSR count). The van der Waals surface area contributed by atoms with Crippen molar-refractivity contribution in [3.05, 3.63) is 40.7 Å². The lowest BCUT2D eigenvalue weighted by Gasteiger charge is -2.43. The number of rotatable bonds is 12. The largest absolute Gasteiger partial charge is 0.401 e. The molecule has 11 heteroatoms. The van der Waals surface area contributed by atoms with Crippen LogP contribution in [0.4, 0.5) is 5.69 Å². The number of hydrogen-bond donors (Lipinski definition) is 4. The Morgan fingerprint density at radius 1 is 1.23 bits per heavy atom. The van der Waals surface area contributed by atoms with Crippen LogP contribution in [0, 0.1) is 5.92 Å². The maximum Gasteiger partial charge on any atom is 0.0758 e. The number of nitrogens with two attached hydrogens (primary N) is 3. The van der Waals surface area contributed by atoms with E-state index in [1.54, 1.807) is 11.1 Å². The van der Waals surface area contributed by atoms with Gasteiger partial charge >= 0.3 is 0 Å². The molecule has 0 bridgehead atoms. The van der Waals surface area contributed by atoms with E-state index in [1.165, 1.54) is 19.5 Å². The average Bonchev–Trinajstić information content (AvgIpc) is 2.93. The number of hydrazine groups is 1. The highest BCUT2D eigenvalue weighted by Gasteiger charge is 2.31. The van der Waals surface area contributed by atoms with Crippen LogP contribution in [0.5, 0.6) is 0 Å². The molecule has 0 aliphatic carbocycles. The summed E-state index contributed by atoms with van der Waals surface area (Å²) in [5.74, 6) is 11.9. The van der Waals surface area contributed by atoms with Crippen molar-refractivity contribution in [2.24, 2.45) is 23.4 Å². The first-order valence-corrected chi connectivity index (χ1v) is 16.4. The standard InChI is InChI=1S/C15H32N3OP.C13H21ClN4O/c1-13(2)12-17(3)14-9-15(11-16-10-14)20(4)18-5-7-19-8-6-18;1-10(15)12(7-4-5-9-19-17)18(16)13-8-3-2-6-11(13)14/h13-16H,5-12H2,1-4H3;2-3,6,8H,4-5,7,9,15-17H2,1H3/b;12-10-/t14-,15?,20?;/m0./s1. The maximum atomic E-state index is 6.13. The van der Waals surface area contributed by atoms with Gasteiger partial charge in [-0.3, -0.25) is 9.68 Å². The molecule has 1 aromatic rings. The zero-order valence-corrected chi connectivity index (χ0v) is 26.4. The molecule has 0 radical (unpaired) electrons. The maximum absolute atomic E-state index is 6.13. The van der Waals surface area contributed by atoms with Crippen molar-refractivity contribution in [3.63, 3.8) is 0 Å². The van der Waals surface area contributed by atoms with Crippen LogP contribution in [0.25, 0.3) is 0 Å². The van der Waals surface area contributed by atoms with E-state index >= 15 is 0 Å². The number of likely N-dealkylation sites (N-methyl/N-ethyl adjacent to an activating group) is 1. The highest BCUT2D eigenvalue weighted by Crippen LogP contribution is 2.44. The Balaban J connectivity index is 0.000000274. The predicted molar refractivity (Wildman–Crippen MR) is 167 cm³/mol. The molecule has 39 heavy (non-hydrogen) atoms. The molecule has 2 aliphatic heterocycles. The fourth-order valence-electron chi connectivity index (χ4n) is 5.12. The summed E-state index contributed by atoms with van der Waals surface area (Å²) in [4.78, 5) is 7.10. The Morgan fingerprint density at radius 3 is 2.54 bits per heavy atom. The number of piperidine rings is 1. The molecule has 0 saturated carbocycles. The first-order chi connectivity index (χ1) is 18.6. The molecule has 2 unspecified atom stereocenters. The molecule has 2 saturated heterocycles. The highest BCUT2D eigenvalue weighted by atomic mass is 35.5. The number of allylic oxidation sites excluding steroid dienone is 2. The van der Waals surface area contributed by atoms with Crippen molar-refractivity contribution >= 4 is 25.4 Å². The number of unbranched alkanes of at least 4 members (excludes halogenated alkanes) is 1. The number of ether oxygens (including phenoxy) is 1. The third-order valence-corrected chi connectivity index (χ3v) is 10.4. The van der Waals surface area contributed by atoms with E-state index in [9.17, 15) is 0 Å². The summed E-state index contributed by atoms with van der Waals surface area (Å²) in [6.07, 6.45) is 3.84. The molecule has 9 nitrogen and oxygen atoms in total. The first-order valence-electron chi connectivity index (χ1n) is 14.2. The van der Waals surface area contributed by atoms with Crippen LogP contribution >= 0.6 is 19.7 Å². The molecule has 0 aromatic heterocycles. The summed E-state index contributed by atoms with van der Waals surface area (Å²) in [6, 6.07) is 8.10. The second-order valence-electron chi connectivity index (χ2n) is 11.0. The minimum absolute atomic E-state index is 0.0245. The van der Waals surface area contributed by atoms with Gasteiger partial charge in [0.1, 0.15) is 0 Å². The third-order valence-electron chi connectivity index (χ3n) is 7.33. The summed E-state index contributed by atoms with van der Waals surface area (Å²) in [6.45, 7) is 17.1. The van der Waals surface area contributed by atoms with Crippen molar-refractivity contribution < 1.29 is 9.57 Å². The van der Waals surface area contributed by atoms with E-state index in [4.69, 9.17) is 33.8 Å². The van der Waals surface area contributed by atoms with Crippen molar-refractivity contribution in [2.75, 3.05) is 71.3 Å². The van der Waals surface area contributed by atoms with E-state index in [0.29, 0.717) is 23.4 Å². The monoisotopic (exact) mass is 585 g/mol. The molecule has 3 atom stereocenters. The fourth-order valence-corrected chi connectivity index (χ4v) is 7.55. The Hall–Kier alpha value is -1.000. The molecule has 224 valence electrons. The normalized spacial score (nSPS) is 21.8. The smallest absolute Gasteiger partial charge is 0.0758 e. The Bertz CT molecular complexity index is 853. The van der Waals surface area contributed by atoms with Crippen LogP contribution in [0.3, 0.4) is 0 Å². The van der Waals surface area contributed by atoms with Crippen LogP contribution in [0.1, 0.15) is 46.5 Å². The van der Waals surface area contributed by atoms with Gasteiger partial charge in [-0.25, -0.2) is 11.7 Å². The summed E-state index contributed by atoms with van der Waals surface area (Å²) < 4.78 is 8.16. The number of morpholine rings is 1. The number of nitrogens with zero attached hydrogens (tertiary/aromatic N) is 3. The lowest BCUT2D eigenvalue weighted by molar-refractivity contribution is 0.0741. The van der Waals surface area contributed by atoms with Gasteiger partial charge in [0, 0.05) is 50.1 Å². The van der Waals surface area contributed by atoms with Gasteiger partial charge < -0.3 is 25.5 Å². The summed E-state index contributed by atoms with van der Waals surface area (Å²) in [5.41, 5.74) is 8.99. The van der Waals surface area contributed by atoms with Gasteiger partial charge in [0.25, 0.3) is 0 Å². The molecular formula is C28H53ClN7O2P. The van der Waals surface area contributed by atoms with Crippen LogP contribution in [-0.2, 0) is 9.57 Å². The van der Waals surface area contributed by atoms with E-state index in [2.05, 4.69) is 47.3 Å². The minimum atomic E-state index is -0.0245. The van der Waals surface area contributed by atoms with Gasteiger partial charge in [-0.2, -0.15) is 0 Å². The Labute approximate surface area is 243 Å². The number of nitrogens with one attached hydrogen (secondary N) is 1. The quantitative estimate of drug-likeness (QED) is 0.125. The van der Waals surface area contributed by atoms with Gasteiger partial charge in [0.05, 0.1) is 36.2 Å². The molecule has 7 N–H and O–H groups in total. The van der Waals surface area contributed by atoms with Crippen LogP contribution < -0.4 is 27.8 Å². The second kappa shape index (κ2) is 18.4. The minimum Gasteiger partial charge on any atom is -0.401 e. The third kappa shape index (κ3) is 11.8. The average molecular weight is 586 g/mol. The van der Waals surface area contributed by atoms with Crippen molar-refractivity contribution in [3.8, 4) is 0 Å². The Kier molecular flexibility index (Phi) is 16.2. The molecule has 0 amide bonds. The summed E-state index contributed by atoms with van der Waals surface area (Å²) in [7, 11) is 2.27. The lowest BCUT2D eigenvalue weighted by atomic mass is 10.0. The molecule has 2 fully saturated rings. The number of hydrogen-bond acceptors (Lipinski definition) is 9. The van der Waals surface area contributed by atoms with Gasteiger partial charge in [0.15, 0.2) is 0 Å². The molecular weight excluding hydrogens is 533 g/mol. The summed E-state index contributed by atoms with van der Waals surface area (Å²) >= 11 is 6.13. The van der Waals surface area contributed by atoms with Crippen molar-refractivity contribution in [2.45, 2.75) is 58.2 Å². The topological polar surface area (TPSA) is 118 Å². The fraction of sp³-hybridized carbons (Fsp3) is 0.714. The van der Waals surface area contributed by atoms with Crippen LogP contribution in [0.15, 0.2) is 35.7 Å². The number of benzene rings is 1. The SMILES string of the molecule is C/C(N)=C(\CCCCON)N(N)c1ccccc1Cl.CC(C)CN(C)[C@@H]1CNCC(P(C)N2CCOCC2)C1. The first kappa shape index (κ1) is 34.2. The van der Waals surface area contributed by atoms with Crippen LogP contribution in [0.2, 0.25) is 5.02 Å². The number of para-hydroxylation sites is 1. The zero-order valence-electron chi connectivity index (χ0n) is 24.7. The summed E-state index contributed by atoms with van der Waals surface area (Å²) in [5, 5.41) is 5.81. The van der Waals surface area contributed by atoms with E-state index in [1.807, 2.05) is 25.1 Å². The second-order valence-corrected chi connectivity index (χ2v) is 13.8. The Morgan fingerprint density at radius 2 is 1.92 bits per heavy atom. The van der Waals surface area contributed by atoms with E-state index in [0.717, 1.165) is 75.1 Å². The number of anilines is 1.